The maximum atomic E-state index is 13.0. The Morgan fingerprint density at radius 2 is 1.92 bits per heavy atom. The molecule has 200 valence electrons. The Bertz CT molecular complexity index is 1520. The van der Waals surface area contributed by atoms with Crippen molar-refractivity contribution in [2.75, 3.05) is 6.54 Å². The number of ether oxygens (including phenoxy) is 1. The van der Waals surface area contributed by atoms with Gasteiger partial charge < -0.3 is 15.2 Å². The van der Waals surface area contributed by atoms with Gasteiger partial charge in [0.2, 0.25) is 5.69 Å². The molecule has 6 rings (SSSR count). The van der Waals surface area contributed by atoms with Crippen LogP contribution in [-0.2, 0) is 0 Å². The predicted octanol–water partition coefficient (Wildman–Crippen LogP) is 4.60. The molecule has 3 unspecified atom stereocenters. The molecule has 9 nitrogen and oxygen atoms in total. The van der Waals surface area contributed by atoms with Crippen molar-refractivity contribution in [3.05, 3.63) is 72.5 Å². The molecule has 2 bridgehead atoms. The number of carbonyl (C=O) groups is 1. The molecular weight excluding hydrogens is 552 g/mol. The first kappa shape index (κ1) is 26.2. The standard InChI is InChI=1S/C28H31BrN4O5/c1-14-9-18(10-15(2)24(14)38-19-7-8-22(34)21(29)12-19)33-27(37)31-26(36)23(32-33)25(35)30-13-16-5-6-17-11-20(16)28(17,3)4/h7-10,12,16-17,20,34H,5-6,11,13H2,1-4H3,(H,30,35)(H,31,36,37). The molecule has 0 radical (unpaired) electrons. The summed E-state index contributed by atoms with van der Waals surface area (Å²) >= 11 is 3.28. The number of amides is 1. The number of aromatic amines is 1. The van der Waals surface area contributed by atoms with Gasteiger partial charge >= 0.3 is 5.69 Å². The lowest BCUT2D eigenvalue weighted by Crippen LogP contribution is -2.54. The van der Waals surface area contributed by atoms with E-state index in [0.717, 1.165) is 23.4 Å². The molecular formula is C28H31BrN4O5. The average Bonchev–Trinajstić information content (AvgIpc) is 2.86. The van der Waals surface area contributed by atoms with E-state index in [-0.39, 0.29) is 11.4 Å². The van der Waals surface area contributed by atoms with E-state index in [4.69, 9.17) is 4.74 Å². The first-order valence-electron chi connectivity index (χ1n) is 12.8. The summed E-state index contributed by atoms with van der Waals surface area (Å²) in [6.45, 7) is 8.72. The van der Waals surface area contributed by atoms with Gasteiger partial charge in [-0.25, -0.2) is 4.79 Å². The van der Waals surface area contributed by atoms with Crippen molar-refractivity contribution in [3.8, 4) is 22.9 Å². The Hall–Kier alpha value is -3.40. The van der Waals surface area contributed by atoms with Crippen molar-refractivity contribution in [2.24, 2.45) is 23.2 Å². The minimum absolute atomic E-state index is 0.101. The van der Waals surface area contributed by atoms with E-state index in [9.17, 15) is 19.5 Å². The number of aromatic nitrogens is 3. The maximum Gasteiger partial charge on any atom is 0.349 e. The number of fused-ring (bicyclic) bond motifs is 2. The van der Waals surface area contributed by atoms with Gasteiger partial charge in [0.1, 0.15) is 17.2 Å². The van der Waals surface area contributed by atoms with E-state index in [0.29, 0.717) is 56.6 Å². The lowest BCUT2D eigenvalue weighted by Gasteiger charge is -2.60. The Morgan fingerprint density at radius 3 is 2.55 bits per heavy atom. The summed E-state index contributed by atoms with van der Waals surface area (Å²) in [5.74, 6) is 2.31. The summed E-state index contributed by atoms with van der Waals surface area (Å²) in [6.07, 6.45) is 3.42. The lowest BCUT2D eigenvalue weighted by molar-refractivity contribution is -0.103. The van der Waals surface area contributed by atoms with Crippen molar-refractivity contribution in [1.29, 1.82) is 0 Å². The minimum Gasteiger partial charge on any atom is -0.507 e. The summed E-state index contributed by atoms with van der Waals surface area (Å²) in [5.41, 5.74) is 0.210. The number of rotatable bonds is 6. The number of halogens is 1. The molecule has 1 amide bonds. The fourth-order valence-corrected chi connectivity index (χ4v) is 6.48. The van der Waals surface area contributed by atoms with Gasteiger partial charge in [0.15, 0.2) is 0 Å². The Kier molecular flexibility index (Phi) is 6.71. The number of nitrogens with zero attached hydrogens (tertiary/aromatic N) is 2. The molecule has 3 aliphatic rings. The van der Waals surface area contributed by atoms with Crippen LogP contribution in [0, 0.1) is 37.0 Å². The van der Waals surface area contributed by atoms with Crippen LogP contribution in [-0.4, -0.2) is 32.3 Å². The third-order valence-electron chi connectivity index (χ3n) is 8.40. The maximum absolute atomic E-state index is 13.0. The quantitative estimate of drug-likeness (QED) is 0.390. The fourth-order valence-electron chi connectivity index (χ4n) is 6.12. The summed E-state index contributed by atoms with van der Waals surface area (Å²) in [5, 5.41) is 16.8. The molecule has 0 aliphatic heterocycles. The number of aryl methyl sites for hydroxylation is 2. The summed E-state index contributed by atoms with van der Waals surface area (Å²) < 4.78 is 7.55. The Labute approximate surface area is 228 Å². The number of H-pyrrole nitrogens is 1. The van der Waals surface area contributed by atoms with Crippen LogP contribution in [0.3, 0.4) is 0 Å². The molecule has 38 heavy (non-hydrogen) atoms. The minimum atomic E-state index is -0.817. The zero-order valence-corrected chi connectivity index (χ0v) is 23.4. The Morgan fingerprint density at radius 1 is 1.21 bits per heavy atom. The topological polar surface area (TPSA) is 126 Å². The highest BCUT2D eigenvalue weighted by molar-refractivity contribution is 9.10. The van der Waals surface area contributed by atoms with Crippen LogP contribution in [0.25, 0.3) is 5.69 Å². The molecule has 3 aromatic rings. The molecule has 3 aliphatic carbocycles. The third-order valence-corrected chi connectivity index (χ3v) is 9.03. The number of benzene rings is 2. The highest BCUT2D eigenvalue weighted by Gasteiger charge is 2.53. The number of nitrogens with one attached hydrogen (secondary N) is 2. The molecule has 3 atom stereocenters. The molecule has 10 heteroatoms. The van der Waals surface area contributed by atoms with Gasteiger partial charge in [-0.15, -0.1) is 0 Å². The van der Waals surface area contributed by atoms with Gasteiger partial charge in [-0.3, -0.25) is 14.6 Å². The van der Waals surface area contributed by atoms with E-state index in [1.807, 2.05) is 13.8 Å². The van der Waals surface area contributed by atoms with E-state index >= 15 is 0 Å². The van der Waals surface area contributed by atoms with Gasteiger partial charge in [-0.2, -0.15) is 9.78 Å². The van der Waals surface area contributed by atoms with E-state index < -0.39 is 17.2 Å². The molecule has 3 N–H and O–H groups in total. The van der Waals surface area contributed by atoms with Gasteiger partial charge in [-0.05, 0) is 114 Å². The predicted molar refractivity (Wildman–Crippen MR) is 146 cm³/mol. The number of aromatic hydroxyl groups is 1. The number of phenolic OH excluding ortho intramolecular Hbond substituents is 1. The second-order valence-electron chi connectivity index (χ2n) is 11.1. The average molecular weight is 583 g/mol. The molecule has 3 saturated carbocycles. The van der Waals surface area contributed by atoms with Gasteiger partial charge in [0.25, 0.3) is 11.5 Å². The summed E-state index contributed by atoms with van der Waals surface area (Å²) in [4.78, 5) is 40.4. The largest absolute Gasteiger partial charge is 0.507 e. The molecule has 0 saturated heterocycles. The molecule has 1 heterocycles. The van der Waals surface area contributed by atoms with Crippen LogP contribution in [0.15, 0.2) is 44.4 Å². The second-order valence-corrected chi connectivity index (χ2v) is 11.9. The van der Waals surface area contributed by atoms with E-state index in [1.54, 1.807) is 24.3 Å². The van der Waals surface area contributed by atoms with Crippen molar-refractivity contribution in [3.63, 3.8) is 0 Å². The van der Waals surface area contributed by atoms with E-state index in [1.165, 1.54) is 12.5 Å². The Balaban J connectivity index is 1.37. The third kappa shape index (κ3) is 4.66. The highest BCUT2D eigenvalue weighted by atomic mass is 79.9. The van der Waals surface area contributed by atoms with Crippen LogP contribution >= 0.6 is 15.9 Å². The SMILES string of the molecule is Cc1cc(-n2nc(C(=O)NCC3CCC4CC3C4(C)C)c(=O)[nH]c2=O)cc(C)c1Oc1ccc(O)c(Br)c1. The monoisotopic (exact) mass is 582 g/mol. The summed E-state index contributed by atoms with van der Waals surface area (Å²) in [7, 11) is 0. The normalized spacial score (nSPS) is 21.4. The number of hydrogen-bond donors (Lipinski definition) is 3. The van der Waals surface area contributed by atoms with Gasteiger partial charge in [0, 0.05) is 6.54 Å². The molecule has 2 aromatic carbocycles. The van der Waals surface area contributed by atoms with Crippen LogP contribution in [0.5, 0.6) is 17.2 Å². The molecule has 3 fully saturated rings. The van der Waals surface area contributed by atoms with Crippen LogP contribution < -0.4 is 21.3 Å². The van der Waals surface area contributed by atoms with Crippen molar-refractivity contribution in [1.82, 2.24) is 20.1 Å². The fraction of sp³-hybridized carbons (Fsp3) is 0.429. The summed E-state index contributed by atoms with van der Waals surface area (Å²) in [6, 6.07) is 8.21. The number of phenols is 1. The van der Waals surface area contributed by atoms with Gasteiger partial charge in [-0.1, -0.05) is 13.8 Å². The van der Waals surface area contributed by atoms with E-state index in [2.05, 4.69) is 45.2 Å². The van der Waals surface area contributed by atoms with Crippen molar-refractivity contribution >= 4 is 21.8 Å². The highest BCUT2D eigenvalue weighted by Crippen LogP contribution is 2.61. The van der Waals surface area contributed by atoms with Crippen molar-refractivity contribution < 1.29 is 14.6 Å². The molecule has 0 spiro atoms. The second kappa shape index (κ2) is 9.72. The van der Waals surface area contributed by atoms with Crippen molar-refractivity contribution in [2.45, 2.75) is 47.0 Å². The van der Waals surface area contributed by atoms with Crippen LogP contribution in [0.4, 0.5) is 0 Å². The van der Waals surface area contributed by atoms with Crippen LogP contribution in [0.1, 0.15) is 54.7 Å². The van der Waals surface area contributed by atoms with Crippen LogP contribution in [0.2, 0.25) is 0 Å². The molecule has 1 aromatic heterocycles. The smallest absolute Gasteiger partial charge is 0.349 e. The lowest BCUT2D eigenvalue weighted by atomic mass is 9.45. The first-order chi connectivity index (χ1) is 18.0. The van der Waals surface area contributed by atoms with Gasteiger partial charge in [0.05, 0.1) is 10.2 Å². The zero-order valence-electron chi connectivity index (χ0n) is 21.8. The number of carbonyl (C=O) groups excluding carboxylic acids is 1. The number of hydrogen-bond acceptors (Lipinski definition) is 6. The zero-order chi connectivity index (χ0) is 27.4. The first-order valence-corrected chi connectivity index (χ1v) is 13.5.